The molecule has 16 aromatic carbocycles. The topological polar surface area (TPSA) is 110 Å². The summed E-state index contributed by atoms with van der Waals surface area (Å²) in [6, 6.07) is 141. The van der Waals surface area contributed by atoms with Gasteiger partial charge in [0.25, 0.3) is 0 Å². The molecule has 10 nitrogen and oxygen atoms in total. The van der Waals surface area contributed by atoms with Crippen molar-refractivity contribution in [3.8, 4) is 68.3 Å². The van der Waals surface area contributed by atoms with Gasteiger partial charge in [-0.15, -0.1) is 0 Å². The van der Waals surface area contributed by atoms with Gasteiger partial charge in [-0.05, 0) is 142 Å². The Morgan fingerprint density at radius 2 is 0.517 bits per heavy atom. The fourth-order valence-corrected chi connectivity index (χ4v) is 18.1. The van der Waals surface area contributed by atoms with Crippen LogP contribution in [0.15, 0.2) is 409 Å². The molecule has 2 aliphatic heterocycles. The van der Waals surface area contributed by atoms with E-state index in [-0.39, 0.29) is 0 Å². The molecule has 20 aromatic rings. The SMILES string of the molecule is CC(C)c1ccc(C2(c3cccc4c3oc3ccccc34)c3ccccc3N(c3ccc(-c4nc(-c5ccccc5)nc(-c5ccccc5)n4)cc3)c3ccccc32)cc1.Cc1ccccc1C1(c2cccc3c2oc2ccccc23)c2ccccc2N(c2ccc(-c3nc(-c4ccccc4)nc(-c4ccccc4)n3)cc2)c2ccccc21. The largest absolute Gasteiger partial charge is 0.456 e. The van der Waals surface area contributed by atoms with Gasteiger partial charge in [-0.1, -0.05) is 329 Å². The summed E-state index contributed by atoms with van der Waals surface area (Å²) in [7, 11) is 0. The van der Waals surface area contributed by atoms with Crippen LogP contribution in [0.3, 0.4) is 0 Å². The van der Waals surface area contributed by atoms with E-state index in [4.69, 9.17) is 38.7 Å². The van der Waals surface area contributed by atoms with Crippen LogP contribution < -0.4 is 9.80 Å². The Bertz CT molecular complexity index is 6960. The van der Waals surface area contributed by atoms with Crippen molar-refractivity contribution >= 4 is 78.0 Å². The predicted octanol–water partition coefficient (Wildman–Crippen LogP) is 27.3. The van der Waals surface area contributed by atoms with Crippen LogP contribution in [0.2, 0.25) is 0 Å². The average molecular weight is 1520 g/mol. The molecule has 4 aromatic heterocycles. The van der Waals surface area contributed by atoms with Gasteiger partial charge in [0.05, 0.1) is 33.6 Å². The lowest BCUT2D eigenvalue weighted by Crippen LogP contribution is -2.38. The second-order valence-corrected chi connectivity index (χ2v) is 30.6. The number of benzene rings is 16. The molecule has 0 saturated heterocycles. The Kier molecular flexibility index (Phi) is 17.5. The lowest BCUT2D eigenvalue weighted by atomic mass is 9.61. The minimum Gasteiger partial charge on any atom is -0.456 e. The third kappa shape index (κ3) is 11.8. The first-order valence-electron chi connectivity index (χ1n) is 40.2. The molecule has 22 rings (SSSR count). The summed E-state index contributed by atoms with van der Waals surface area (Å²) >= 11 is 0. The summed E-state index contributed by atoms with van der Waals surface area (Å²) < 4.78 is 13.7. The maximum absolute atomic E-state index is 6.89. The van der Waals surface area contributed by atoms with Gasteiger partial charge in [0.15, 0.2) is 34.9 Å². The molecule has 0 aliphatic carbocycles. The van der Waals surface area contributed by atoms with Crippen molar-refractivity contribution in [1.82, 2.24) is 29.9 Å². The number of furan rings is 2. The molecule has 0 bridgehead atoms. The number of para-hydroxylation sites is 8. The third-order valence-electron chi connectivity index (χ3n) is 23.5. The van der Waals surface area contributed by atoms with Gasteiger partial charge in [-0.25, -0.2) is 29.9 Å². The number of nitrogens with zero attached hydrogens (tertiary/aromatic N) is 8. The molecule has 0 saturated carbocycles. The van der Waals surface area contributed by atoms with E-state index < -0.39 is 10.8 Å². The zero-order valence-corrected chi connectivity index (χ0v) is 65.1. The molecule has 0 N–H and O–H groups in total. The van der Waals surface area contributed by atoms with Crippen molar-refractivity contribution in [2.24, 2.45) is 0 Å². The molecule has 118 heavy (non-hydrogen) atoms. The van der Waals surface area contributed by atoms with Gasteiger partial charge in [0.1, 0.15) is 22.3 Å². The Balaban J connectivity index is 0.000000147. The van der Waals surface area contributed by atoms with E-state index in [1.807, 2.05) is 133 Å². The Hall–Kier alpha value is -15.3. The number of anilines is 6. The van der Waals surface area contributed by atoms with Crippen LogP contribution in [-0.2, 0) is 10.8 Å². The summed E-state index contributed by atoms with van der Waals surface area (Å²) in [6.07, 6.45) is 0. The highest BCUT2D eigenvalue weighted by Crippen LogP contribution is 2.62. The molecule has 0 fully saturated rings. The molecule has 10 heteroatoms. The van der Waals surface area contributed by atoms with Crippen LogP contribution in [0.25, 0.3) is 112 Å². The number of hydrogen-bond donors (Lipinski definition) is 0. The number of aryl methyl sites for hydroxylation is 1. The lowest BCUT2D eigenvalue weighted by molar-refractivity contribution is 0.642. The fraction of sp³-hybridized carbons (Fsp3) is 0.0556. The molecule has 560 valence electrons. The van der Waals surface area contributed by atoms with Crippen LogP contribution >= 0.6 is 0 Å². The highest BCUT2D eigenvalue weighted by molar-refractivity contribution is 6.09. The second kappa shape index (κ2) is 29.3. The minimum absolute atomic E-state index is 0.408. The van der Waals surface area contributed by atoms with E-state index in [0.717, 1.165) is 123 Å². The first-order chi connectivity index (χ1) is 58.3. The van der Waals surface area contributed by atoms with Crippen LogP contribution in [0.1, 0.15) is 75.4 Å². The highest BCUT2D eigenvalue weighted by Gasteiger charge is 2.50. The maximum Gasteiger partial charge on any atom is 0.164 e. The normalized spacial score (nSPS) is 13.1. The first-order valence-corrected chi connectivity index (χ1v) is 40.2. The van der Waals surface area contributed by atoms with Gasteiger partial charge in [-0.2, -0.15) is 0 Å². The van der Waals surface area contributed by atoms with Gasteiger partial charge in [0, 0.05) is 77.4 Å². The molecule has 0 amide bonds. The number of rotatable bonds is 13. The summed E-state index contributed by atoms with van der Waals surface area (Å²) in [6.45, 7) is 6.72. The smallest absolute Gasteiger partial charge is 0.164 e. The van der Waals surface area contributed by atoms with Crippen LogP contribution in [0.5, 0.6) is 0 Å². The zero-order valence-electron chi connectivity index (χ0n) is 65.1. The van der Waals surface area contributed by atoms with Crippen molar-refractivity contribution in [2.45, 2.75) is 37.5 Å². The van der Waals surface area contributed by atoms with E-state index in [2.05, 4.69) is 297 Å². The lowest BCUT2D eigenvalue weighted by Gasteiger charge is -2.46. The standard InChI is InChI=1S/C55H40N4O.C53H36N4O/c1-36(2)37-28-32-41(33-29-37)55(47-24-15-21-44-43-20-9-14-27-50(43)60-51(44)47)45-22-10-12-25-48(45)59(49-26-13-11-23-46(49)55)42-34-30-40(31-35-42)54-57-52(38-16-5-3-6-17-38)56-53(58-54)39-18-7-4-8-19-39;1-35-17-8-10-24-42(35)53(45-27-16-23-41-40-22-9-15-30-48(40)58-49(41)45)43-25-11-13-28-46(43)57(47-29-14-12-26-44(47)53)39-33-31-38(32-34-39)52-55-50(36-18-4-2-5-19-36)54-51(56-52)37-20-6-3-7-21-37/h3-36H,1-2H3;2-34H,1H3. The van der Waals surface area contributed by atoms with Crippen molar-refractivity contribution in [2.75, 3.05) is 9.80 Å². The maximum atomic E-state index is 6.89. The summed E-state index contributed by atoms with van der Waals surface area (Å²) in [5.41, 5.74) is 26.1. The van der Waals surface area contributed by atoms with E-state index in [9.17, 15) is 0 Å². The molecule has 6 heterocycles. The molecule has 0 radical (unpaired) electrons. The molecule has 0 spiro atoms. The highest BCUT2D eigenvalue weighted by atomic mass is 16.3. The Morgan fingerprint density at radius 1 is 0.237 bits per heavy atom. The Labute approximate surface area is 684 Å². The average Bonchev–Trinajstić information content (AvgIpc) is 1.07. The molecule has 2 aliphatic rings. The van der Waals surface area contributed by atoms with Crippen molar-refractivity contribution in [1.29, 1.82) is 0 Å². The zero-order chi connectivity index (χ0) is 78.8. The van der Waals surface area contributed by atoms with Crippen molar-refractivity contribution in [3.63, 3.8) is 0 Å². The van der Waals surface area contributed by atoms with E-state index in [0.29, 0.717) is 40.9 Å². The van der Waals surface area contributed by atoms with Crippen LogP contribution in [-0.4, -0.2) is 29.9 Å². The monoisotopic (exact) mass is 1520 g/mol. The molecular weight excluding hydrogens is 1440 g/mol. The second-order valence-electron chi connectivity index (χ2n) is 30.6. The van der Waals surface area contributed by atoms with Gasteiger partial charge >= 0.3 is 0 Å². The number of hydrogen-bond acceptors (Lipinski definition) is 10. The summed E-state index contributed by atoms with van der Waals surface area (Å²) in [5, 5.41) is 4.45. The quantitative estimate of drug-likeness (QED) is 0.111. The van der Waals surface area contributed by atoms with Crippen LogP contribution in [0, 0.1) is 6.92 Å². The summed E-state index contributed by atoms with van der Waals surface area (Å²) in [4.78, 5) is 34.6. The van der Waals surface area contributed by atoms with Gasteiger partial charge in [0.2, 0.25) is 0 Å². The molecule has 0 unspecified atom stereocenters. The summed E-state index contributed by atoms with van der Waals surface area (Å²) in [5.74, 6) is 4.21. The van der Waals surface area contributed by atoms with E-state index >= 15 is 0 Å². The number of aromatic nitrogens is 6. The van der Waals surface area contributed by atoms with Crippen LogP contribution in [0.4, 0.5) is 34.1 Å². The van der Waals surface area contributed by atoms with Gasteiger partial charge < -0.3 is 18.6 Å². The van der Waals surface area contributed by atoms with Gasteiger partial charge in [-0.3, -0.25) is 0 Å². The number of fused-ring (bicyclic) bond motifs is 10. The van der Waals surface area contributed by atoms with Crippen molar-refractivity contribution < 1.29 is 8.83 Å². The molecular formula is C108H76N8O2. The third-order valence-corrected chi connectivity index (χ3v) is 23.5. The van der Waals surface area contributed by atoms with E-state index in [1.165, 1.54) is 44.5 Å². The molecule has 0 atom stereocenters. The Morgan fingerprint density at radius 3 is 0.873 bits per heavy atom. The predicted molar refractivity (Wildman–Crippen MR) is 479 cm³/mol. The minimum atomic E-state index is -0.709. The fourth-order valence-electron chi connectivity index (χ4n) is 18.1. The first kappa shape index (κ1) is 70.6. The van der Waals surface area contributed by atoms with Crippen molar-refractivity contribution in [3.05, 3.63) is 456 Å². The van der Waals surface area contributed by atoms with E-state index in [1.54, 1.807) is 0 Å².